The highest BCUT2D eigenvalue weighted by atomic mass is 35.5. The molecule has 0 bridgehead atoms. The van der Waals surface area contributed by atoms with Crippen LogP contribution < -0.4 is 9.64 Å². The molecule has 2 fully saturated rings. The zero-order valence-corrected chi connectivity index (χ0v) is 17.0. The fraction of sp³-hybridized carbons (Fsp3) is 0.350. The van der Waals surface area contributed by atoms with Crippen LogP contribution in [0.5, 0.6) is 5.75 Å². The van der Waals surface area contributed by atoms with E-state index >= 15 is 0 Å². The van der Waals surface area contributed by atoms with Crippen LogP contribution in [0.3, 0.4) is 0 Å². The molecule has 2 aliphatic heterocycles. The van der Waals surface area contributed by atoms with E-state index in [1.54, 1.807) is 36.3 Å². The number of halogens is 1. The molecule has 0 N–H and O–H groups in total. The number of ether oxygens (including phenoxy) is 1. The van der Waals surface area contributed by atoms with Crippen molar-refractivity contribution in [2.24, 2.45) is 0 Å². The van der Waals surface area contributed by atoms with Gasteiger partial charge in [0.1, 0.15) is 5.75 Å². The second-order valence-corrected chi connectivity index (χ2v) is 9.76. The van der Waals surface area contributed by atoms with Gasteiger partial charge in [0, 0.05) is 28.9 Å². The highest BCUT2D eigenvalue weighted by molar-refractivity contribution is 7.91. The Bertz CT molecular complexity index is 994. The van der Waals surface area contributed by atoms with Gasteiger partial charge in [-0.15, -0.1) is 0 Å². The van der Waals surface area contributed by atoms with E-state index in [1.807, 2.05) is 29.2 Å². The third kappa shape index (κ3) is 3.62. The molecule has 2 unspecified atom stereocenters. The maximum atomic E-state index is 13.0. The fourth-order valence-corrected chi connectivity index (χ4v) is 6.23. The number of piperazine rings is 1. The number of carbonyl (C=O) groups excluding carboxylic acids is 1. The summed E-state index contributed by atoms with van der Waals surface area (Å²) < 4.78 is 30.3. The quantitative estimate of drug-likeness (QED) is 0.759. The lowest BCUT2D eigenvalue weighted by atomic mass is 10.0. The highest BCUT2D eigenvalue weighted by Gasteiger charge is 2.49. The number of amides is 1. The van der Waals surface area contributed by atoms with E-state index in [2.05, 4.69) is 0 Å². The number of hydrogen-bond donors (Lipinski definition) is 0. The van der Waals surface area contributed by atoms with Crippen molar-refractivity contribution in [1.29, 1.82) is 0 Å². The largest absolute Gasteiger partial charge is 0.496 e. The summed E-state index contributed by atoms with van der Waals surface area (Å²) in [4.78, 5) is 16.6. The molecule has 28 heavy (non-hydrogen) atoms. The Morgan fingerprint density at radius 3 is 2.46 bits per heavy atom. The number of hydrogen-bond acceptors (Lipinski definition) is 5. The molecule has 0 aromatic heterocycles. The first-order valence-electron chi connectivity index (χ1n) is 9.02. The molecule has 1 amide bonds. The molecule has 8 heteroatoms. The van der Waals surface area contributed by atoms with Crippen molar-refractivity contribution in [3.05, 3.63) is 59.1 Å². The predicted molar refractivity (Wildman–Crippen MR) is 109 cm³/mol. The third-order valence-electron chi connectivity index (χ3n) is 5.37. The average molecular weight is 421 g/mol. The van der Waals surface area contributed by atoms with Crippen molar-refractivity contribution in [3.8, 4) is 5.75 Å². The topological polar surface area (TPSA) is 66.9 Å². The molecule has 0 radical (unpaired) electrons. The monoisotopic (exact) mass is 420 g/mol. The van der Waals surface area contributed by atoms with Gasteiger partial charge >= 0.3 is 0 Å². The Kier molecular flexibility index (Phi) is 5.07. The van der Waals surface area contributed by atoms with Crippen LogP contribution in [-0.4, -0.2) is 56.5 Å². The number of sulfone groups is 1. The Labute approximate surface area is 169 Å². The first kappa shape index (κ1) is 19.2. The van der Waals surface area contributed by atoms with Crippen LogP contribution in [0.25, 0.3) is 0 Å². The minimum Gasteiger partial charge on any atom is -0.496 e. The molecule has 6 nitrogen and oxygen atoms in total. The molecule has 0 aliphatic carbocycles. The van der Waals surface area contributed by atoms with E-state index in [-0.39, 0.29) is 30.0 Å². The Morgan fingerprint density at radius 2 is 1.75 bits per heavy atom. The van der Waals surface area contributed by atoms with Gasteiger partial charge in [0.25, 0.3) is 0 Å². The first-order chi connectivity index (χ1) is 13.4. The Balaban J connectivity index is 1.67. The van der Waals surface area contributed by atoms with Gasteiger partial charge in [-0.25, -0.2) is 8.42 Å². The standard InChI is InChI=1S/C20H21ClN2O4S/c1-27-19-5-3-2-4-14(19)10-22-11-20(24)23(16-8-6-15(21)7-9-16)18-13-28(25,26)12-17(18)22/h2-9,17-18H,10-13H2,1H3. The molecule has 2 atom stereocenters. The van der Waals surface area contributed by atoms with Crippen molar-refractivity contribution in [2.45, 2.75) is 18.6 Å². The van der Waals surface area contributed by atoms with Crippen molar-refractivity contribution in [1.82, 2.24) is 4.90 Å². The zero-order chi connectivity index (χ0) is 19.9. The van der Waals surface area contributed by atoms with E-state index in [1.165, 1.54) is 0 Å². The molecular weight excluding hydrogens is 400 g/mol. The van der Waals surface area contributed by atoms with E-state index in [9.17, 15) is 13.2 Å². The summed E-state index contributed by atoms with van der Waals surface area (Å²) in [6, 6.07) is 13.9. The number of nitrogens with zero attached hydrogens (tertiary/aromatic N) is 2. The highest BCUT2D eigenvalue weighted by Crippen LogP contribution is 2.33. The first-order valence-corrected chi connectivity index (χ1v) is 11.2. The van der Waals surface area contributed by atoms with Crippen LogP contribution in [-0.2, 0) is 21.2 Å². The number of anilines is 1. The summed E-state index contributed by atoms with van der Waals surface area (Å²) in [5.41, 5.74) is 1.61. The molecule has 2 saturated heterocycles. The number of methoxy groups -OCH3 is 1. The lowest BCUT2D eigenvalue weighted by Crippen LogP contribution is -2.61. The number of benzene rings is 2. The van der Waals surface area contributed by atoms with Gasteiger partial charge in [-0.1, -0.05) is 29.8 Å². The van der Waals surface area contributed by atoms with Crippen LogP contribution in [0.1, 0.15) is 5.56 Å². The summed E-state index contributed by atoms with van der Waals surface area (Å²) in [7, 11) is -1.63. The molecule has 4 rings (SSSR count). The van der Waals surface area contributed by atoms with Gasteiger partial charge in [-0.05, 0) is 30.3 Å². The molecule has 2 aromatic carbocycles. The van der Waals surface area contributed by atoms with Gasteiger partial charge < -0.3 is 9.64 Å². The van der Waals surface area contributed by atoms with Gasteiger partial charge in [0.05, 0.1) is 31.2 Å². The van der Waals surface area contributed by atoms with Crippen LogP contribution in [0.2, 0.25) is 5.02 Å². The van der Waals surface area contributed by atoms with E-state index in [0.717, 1.165) is 11.3 Å². The third-order valence-corrected chi connectivity index (χ3v) is 7.32. The van der Waals surface area contributed by atoms with Gasteiger partial charge in [0.2, 0.25) is 5.91 Å². The number of carbonyl (C=O) groups is 1. The van der Waals surface area contributed by atoms with Crippen molar-refractivity contribution < 1.29 is 17.9 Å². The van der Waals surface area contributed by atoms with Gasteiger partial charge in [-0.2, -0.15) is 0 Å². The normalized spacial score (nSPS) is 24.2. The lowest BCUT2D eigenvalue weighted by molar-refractivity contribution is -0.123. The molecular formula is C20H21ClN2O4S. The second-order valence-electron chi connectivity index (χ2n) is 7.17. The van der Waals surface area contributed by atoms with Gasteiger partial charge in [0.15, 0.2) is 9.84 Å². The van der Waals surface area contributed by atoms with E-state index < -0.39 is 15.9 Å². The summed E-state index contributed by atoms with van der Waals surface area (Å²) in [5, 5.41) is 0.571. The number of para-hydroxylation sites is 1. The smallest absolute Gasteiger partial charge is 0.241 e. The van der Waals surface area contributed by atoms with E-state index in [0.29, 0.717) is 17.3 Å². The zero-order valence-electron chi connectivity index (χ0n) is 15.4. The predicted octanol–water partition coefficient (Wildman–Crippen LogP) is 2.36. The summed E-state index contributed by atoms with van der Waals surface area (Å²) in [5.74, 6) is 0.626. The van der Waals surface area contributed by atoms with Crippen LogP contribution in [0.4, 0.5) is 5.69 Å². The van der Waals surface area contributed by atoms with Crippen molar-refractivity contribution in [2.75, 3.05) is 30.1 Å². The fourth-order valence-electron chi connectivity index (χ4n) is 4.12. The van der Waals surface area contributed by atoms with Gasteiger partial charge in [-0.3, -0.25) is 9.69 Å². The van der Waals surface area contributed by atoms with E-state index in [4.69, 9.17) is 16.3 Å². The molecule has 2 heterocycles. The molecule has 2 aliphatic rings. The molecule has 0 spiro atoms. The minimum atomic E-state index is -3.24. The Morgan fingerprint density at radius 1 is 1.07 bits per heavy atom. The Hall–Kier alpha value is -2.09. The summed E-state index contributed by atoms with van der Waals surface area (Å²) in [6.45, 7) is 0.609. The maximum Gasteiger partial charge on any atom is 0.241 e. The molecule has 0 saturated carbocycles. The van der Waals surface area contributed by atoms with Crippen molar-refractivity contribution >= 4 is 33.0 Å². The van der Waals surface area contributed by atoms with Crippen LogP contribution in [0.15, 0.2) is 48.5 Å². The number of rotatable bonds is 4. The van der Waals surface area contributed by atoms with Crippen molar-refractivity contribution in [3.63, 3.8) is 0 Å². The second kappa shape index (κ2) is 7.39. The number of fused-ring (bicyclic) bond motifs is 1. The van der Waals surface area contributed by atoms with Crippen LogP contribution in [0, 0.1) is 0 Å². The van der Waals surface area contributed by atoms with Crippen LogP contribution >= 0.6 is 11.6 Å². The molecule has 2 aromatic rings. The maximum absolute atomic E-state index is 13.0. The molecule has 148 valence electrons. The summed E-state index contributed by atoms with van der Waals surface area (Å²) >= 11 is 5.97. The lowest BCUT2D eigenvalue weighted by Gasteiger charge is -2.43. The minimum absolute atomic E-state index is 0.0333. The SMILES string of the molecule is COc1ccccc1CN1CC(=O)N(c2ccc(Cl)cc2)C2CS(=O)(=O)CC21. The average Bonchev–Trinajstić information content (AvgIpc) is 2.98. The summed E-state index contributed by atoms with van der Waals surface area (Å²) in [6.07, 6.45) is 0.